The molecule has 0 saturated heterocycles. The van der Waals surface area contributed by atoms with Crippen molar-refractivity contribution in [1.29, 1.82) is 0 Å². The molecule has 0 fully saturated rings. The summed E-state index contributed by atoms with van der Waals surface area (Å²) >= 11 is 0. The highest BCUT2D eigenvalue weighted by Crippen LogP contribution is 2.23. The van der Waals surface area contributed by atoms with Crippen molar-refractivity contribution in [3.8, 4) is 11.6 Å². The third-order valence-electron chi connectivity index (χ3n) is 2.97. The minimum Gasteiger partial charge on any atom is -0.342 e. The largest absolute Gasteiger partial charge is 0.342 e. The van der Waals surface area contributed by atoms with Gasteiger partial charge in [0.2, 0.25) is 11.7 Å². The van der Waals surface area contributed by atoms with Crippen LogP contribution in [0.4, 0.5) is 0 Å². The van der Waals surface area contributed by atoms with Crippen molar-refractivity contribution in [2.45, 2.75) is 32.2 Å². The number of rotatable bonds is 5. The van der Waals surface area contributed by atoms with Crippen LogP contribution in [0.1, 0.15) is 32.1 Å². The molecule has 6 heteroatoms. The predicted octanol–water partition coefficient (Wildman–Crippen LogP) is 1.56. The minimum atomic E-state index is 0.219. The summed E-state index contributed by atoms with van der Waals surface area (Å²) in [6.07, 6.45) is 4.35. The van der Waals surface area contributed by atoms with E-state index in [1.54, 1.807) is 12.4 Å². The molecule has 2 N–H and O–H groups in total. The van der Waals surface area contributed by atoms with Crippen LogP contribution >= 0.6 is 0 Å². The molecule has 2 heterocycles. The van der Waals surface area contributed by atoms with Crippen LogP contribution in [0.2, 0.25) is 0 Å². The fourth-order valence-corrected chi connectivity index (χ4v) is 1.81. The fraction of sp³-hybridized carbons (Fsp3) is 0.545. The van der Waals surface area contributed by atoms with Gasteiger partial charge in [-0.15, -0.1) is 0 Å². The topological polar surface area (TPSA) is 79.6 Å². The molecule has 92 valence electrons. The highest BCUT2D eigenvalue weighted by molar-refractivity contribution is 5.40. The van der Waals surface area contributed by atoms with Gasteiger partial charge >= 0.3 is 0 Å². The Labute approximate surface area is 99.8 Å². The van der Waals surface area contributed by atoms with Crippen molar-refractivity contribution in [2.75, 3.05) is 7.05 Å². The van der Waals surface area contributed by atoms with Crippen LogP contribution in [-0.4, -0.2) is 33.2 Å². The van der Waals surface area contributed by atoms with Crippen molar-refractivity contribution in [1.82, 2.24) is 25.4 Å². The molecule has 0 aromatic carbocycles. The number of aromatic nitrogens is 4. The van der Waals surface area contributed by atoms with E-state index in [-0.39, 0.29) is 5.92 Å². The monoisotopic (exact) mass is 235 g/mol. The number of H-pyrrole nitrogens is 1. The Morgan fingerprint density at radius 1 is 1.53 bits per heavy atom. The van der Waals surface area contributed by atoms with Crippen LogP contribution in [0.15, 0.2) is 16.9 Å². The number of hydrogen-bond acceptors (Lipinski definition) is 5. The maximum absolute atomic E-state index is 5.30. The van der Waals surface area contributed by atoms with Crippen LogP contribution in [0.3, 0.4) is 0 Å². The Morgan fingerprint density at radius 2 is 2.35 bits per heavy atom. The van der Waals surface area contributed by atoms with E-state index in [4.69, 9.17) is 4.52 Å². The SMILES string of the molecule is CCC(c1nc(-c2ncc[nH]2)no1)C(C)NC. The van der Waals surface area contributed by atoms with Gasteiger partial charge in [-0.3, -0.25) is 0 Å². The first-order chi connectivity index (χ1) is 8.26. The van der Waals surface area contributed by atoms with Gasteiger partial charge in [0.15, 0.2) is 5.82 Å². The molecule has 0 bridgehead atoms. The molecule has 0 radical (unpaired) electrons. The number of nitrogens with one attached hydrogen (secondary N) is 2. The van der Waals surface area contributed by atoms with Crippen molar-refractivity contribution < 1.29 is 4.52 Å². The normalized spacial score (nSPS) is 14.8. The third-order valence-corrected chi connectivity index (χ3v) is 2.97. The fourth-order valence-electron chi connectivity index (χ4n) is 1.81. The summed E-state index contributed by atoms with van der Waals surface area (Å²) in [5.74, 6) is 2.01. The lowest BCUT2D eigenvalue weighted by Crippen LogP contribution is -2.28. The summed E-state index contributed by atoms with van der Waals surface area (Å²) in [6.45, 7) is 4.21. The Kier molecular flexibility index (Phi) is 3.53. The van der Waals surface area contributed by atoms with E-state index in [0.717, 1.165) is 6.42 Å². The molecule has 6 nitrogen and oxygen atoms in total. The molecule has 2 rings (SSSR count). The van der Waals surface area contributed by atoms with Gasteiger partial charge in [0, 0.05) is 18.4 Å². The number of aromatic amines is 1. The number of likely N-dealkylation sites (N-methyl/N-ethyl adjacent to an activating group) is 1. The Hall–Kier alpha value is -1.69. The van der Waals surface area contributed by atoms with Gasteiger partial charge in [0.25, 0.3) is 0 Å². The molecule has 0 aliphatic rings. The van der Waals surface area contributed by atoms with Crippen molar-refractivity contribution >= 4 is 0 Å². The molecule has 2 atom stereocenters. The molecule has 17 heavy (non-hydrogen) atoms. The zero-order valence-corrected chi connectivity index (χ0v) is 10.3. The first-order valence-electron chi connectivity index (χ1n) is 5.76. The van der Waals surface area contributed by atoms with E-state index in [9.17, 15) is 0 Å². The summed E-state index contributed by atoms with van der Waals surface area (Å²) in [4.78, 5) is 11.4. The number of imidazole rings is 1. The van der Waals surface area contributed by atoms with Gasteiger partial charge in [0.05, 0.1) is 5.92 Å². The Bertz CT molecular complexity index is 450. The average Bonchev–Trinajstić information content (AvgIpc) is 2.99. The maximum atomic E-state index is 5.30. The van der Waals surface area contributed by atoms with E-state index >= 15 is 0 Å². The highest BCUT2D eigenvalue weighted by atomic mass is 16.5. The second-order valence-electron chi connectivity index (χ2n) is 3.99. The van der Waals surface area contributed by atoms with Gasteiger partial charge < -0.3 is 14.8 Å². The summed E-state index contributed by atoms with van der Waals surface area (Å²) in [5, 5.41) is 7.14. The summed E-state index contributed by atoms with van der Waals surface area (Å²) in [6, 6.07) is 0.296. The van der Waals surface area contributed by atoms with E-state index in [1.165, 1.54) is 0 Å². The Balaban J connectivity index is 2.22. The first kappa shape index (κ1) is 11.8. The van der Waals surface area contributed by atoms with Crippen LogP contribution in [0.25, 0.3) is 11.6 Å². The molecule has 0 amide bonds. The van der Waals surface area contributed by atoms with Crippen LogP contribution < -0.4 is 5.32 Å². The van der Waals surface area contributed by atoms with Gasteiger partial charge in [-0.2, -0.15) is 4.98 Å². The summed E-state index contributed by atoms with van der Waals surface area (Å²) < 4.78 is 5.30. The van der Waals surface area contributed by atoms with Crippen molar-refractivity contribution in [3.05, 3.63) is 18.3 Å². The second kappa shape index (κ2) is 5.09. The van der Waals surface area contributed by atoms with E-state index in [0.29, 0.717) is 23.6 Å². The lowest BCUT2D eigenvalue weighted by Gasteiger charge is -2.17. The standard InChI is InChI=1S/C11H17N5O/c1-4-8(7(2)12-3)11-15-10(16-17-11)9-13-5-6-14-9/h5-8,12H,4H2,1-3H3,(H,13,14). The zero-order chi connectivity index (χ0) is 12.3. The molecule has 0 saturated carbocycles. The number of nitrogens with zero attached hydrogens (tertiary/aromatic N) is 3. The van der Waals surface area contributed by atoms with Crippen LogP contribution in [0.5, 0.6) is 0 Å². The van der Waals surface area contributed by atoms with Crippen molar-refractivity contribution in [2.24, 2.45) is 0 Å². The molecule has 2 unspecified atom stereocenters. The molecule has 2 aromatic heterocycles. The molecule has 0 aliphatic carbocycles. The zero-order valence-electron chi connectivity index (χ0n) is 10.3. The minimum absolute atomic E-state index is 0.219. The second-order valence-corrected chi connectivity index (χ2v) is 3.99. The van der Waals surface area contributed by atoms with Gasteiger partial charge in [-0.1, -0.05) is 12.1 Å². The summed E-state index contributed by atoms with van der Waals surface area (Å²) in [7, 11) is 1.93. The average molecular weight is 235 g/mol. The predicted molar refractivity (Wildman–Crippen MR) is 63.4 cm³/mol. The lowest BCUT2D eigenvalue weighted by atomic mass is 9.98. The van der Waals surface area contributed by atoms with E-state index < -0.39 is 0 Å². The highest BCUT2D eigenvalue weighted by Gasteiger charge is 2.23. The lowest BCUT2D eigenvalue weighted by molar-refractivity contribution is 0.322. The van der Waals surface area contributed by atoms with E-state index in [1.807, 2.05) is 7.05 Å². The van der Waals surface area contributed by atoms with Gasteiger partial charge in [-0.25, -0.2) is 4.98 Å². The molecule has 0 spiro atoms. The summed E-state index contributed by atoms with van der Waals surface area (Å²) in [5.41, 5.74) is 0. The van der Waals surface area contributed by atoms with Crippen LogP contribution in [0, 0.1) is 0 Å². The first-order valence-corrected chi connectivity index (χ1v) is 5.76. The quantitative estimate of drug-likeness (QED) is 0.822. The molecule has 2 aromatic rings. The van der Waals surface area contributed by atoms with Gasteiger partial charge in [0.1, 0.15) is 0 Å². The smallest absolute Gasteiger partial charge is 0.238 e. The number of hydrogen-bond donors (Lipinski definition) is 2. The molecular formula is C11H17N5O. The third kappa shape index (κ3) is 2.36. The van der Waals surface area contributed by atoms with Crippen molar-refractivity contribution in [3.63, 3.8) is 0 Å². The molecule has 0 aliphatic heterocycles. The Morgan fingerprint density at radius 3 is 2.94 bits per heavy atom. The van der Waals surface area contributed by atoms with Crippen LogP contribution in [-0.2, 0) is 0 Å². The van der Waals surface area contributed by atoms with E-state index in [2.05, 4.69) is 39.3 Å². The molecular weight excluding hydrogens is 218 g/mol. The maximum Gasteiger partial charge on any atom is 0.238 e. The van der Waals surface area contributed by atoms with Gasteiger partial charge in [-0.05, 0) is 20.4 Å².